The van der Waals surface area contributed by atoms with Gasteiger partial charge in [-0.3, -0.25) is 9.59 Å². The molecule has 0 atom stereocenters. The Morgan fingerprint density at radius 1 is 0.750 bits per heavy atom. The minimum absolute atomic E-state index is 0.210. The molecule has 0 amide bonds. The molecule has 0 aliphatic heterocycles. The van der Waals surface area contributed by atoms with E-state index in [1.54, 1.807) is 6.07 Å². The second kappa shape index (κ2) is 11.9. The summed E-state index contributed by atoms with van der Waals surface area (Å²) in [5.41, 5.74) is 5.81. The first-order valence-corrected chi connectivity index (χ1v) is 15.9. The average molecular weight is 561 g/mol. The molecule has 0 unspecified atom stereocenters. The molecule has 0 bridgehead atoms. The van der Waals surface area contributed by atoms with Crippen LogP contribution in [0.2, 0.25) is 0 Å². The lowest BCUT2D eigenvalue weighted by atomic mass is 9.85. The monoisotopic (exact) mass is 560 g/mol. The molecular formula is C35H45O4P. The van der Waals surface area contributed by atoms with E-state index in [9.17, 15) is 9.59 Å². The minimum Gasteiger partial charge on any atom is -0.496 e. The van der Waals surface area contributed by atoms with Gasteiger partial charge in [0.25, 0.3) is 7.14 Å². The van der Waals surface area contributed by atoms with Gasteiger partial charge >= 0.3 is 0 Å². The number of carbonyl (C=O) groups is 2. The third kappa shape index (κ3) is 5.88. The van der Waals surface area contributed by atoms with Crippen molar-refractivity contribution >= 4 is 23.5 Å². The van der Waals surface area contributed by atoms with E-state index in [2.05, 4.69) is 33.8 Å². The summed E-state index contributed by atoms with van der Waals surface area (Å²) in [6.07, 6.45) is 2.57. The zero-order chi connectivity index (χ0) is 30.2. The molecule has 0 aromatic heterocycles. The summed E-state index contributed by atoms with van der Waals surface area (Å²) in [7, 11) is -2.91. The molecule has 0 heterocycles. The molecule has 0 radical (unpaired) electrons. The molecule has 0 spiro atoms. The largest absolute Gasteiger partial charge is 0.496 e. The molecule has 3 rings (SSSR count). The Morgan fingerprint density at radius 3 is 1.52 bits per heavy atom. The molecule has 214 valence electrons. The maximum atomic E-state index is 15.7. The number of carbonyl (C=O) groups excluding carboxylic acids is 2. The molecule has 0 N–H and O–H groups in total. The van der Waals surface area contributed by atoms with Gasteiger partial charge in [-0.05, 0) is 99.2 Å². The third-order valence-corrected chi connectivity index (χ3v) is 10.3. The lowest BCUT2D eigenvalue weighted by Gasteiger charge is -2.27. The van der Waals surface area contributed by atoms with Gasteiger partial charge < -0.3 is 9.30 Å². The van der Waals surface area contributed by atoms with E-state index in [0.717, 1.165) is 35.1 Å². The van der Waals surface area contributed by atoms with Gasteiger partial charge in [-0.25, -0.2) is 0 Å². The molecule has 5 heteroatoms. The van der Waals surface area contributed by atoms with Gasteiger partial charge in [0.05, 0.1) is 12.4 Å². The van der Waals surface area contributed by atoms with Crippen molar-refractivity contribution in [2.75, 3.05) is 7.11 Å². The molecule has 40 heavy (non-hydrogen) atoms. The van der Waals surface area contributed by atoms with Crippen molar-refractivity contribution in [1.29, 1.82) is 0 Å². The molecule has 0 saturated heterocycles. The standard InChI is InChI=1S/C35H45O4P/c1-12-13-14-27-19-28(35(8,9)10)20-29(32(27)39-11)40(38,33(36)30-23(4)15-21(2)16-24(30)5)34(37)31-25(6)17-22(3)18-26(31)7/h15-20H,12-14H2,1-11H3. The first kappa shape index (κ1) is 31.6. The highest BCUT2D eigenvalue weighted by molar-refractivity contribution is 8.01. The van der Waals surface area contributed by atoms with Crippen molar-refractivity contribution in [3.8, 4) is 5.75 Å². The van der Waals surface area contributed by atoms with Crippen LogP contribution in [-0.4, -0.2) is 18.2 Å². The zero-order valence-corrected chi connectivity index (χ0v) is 27.1. The fourth-order valence-electron chi connectivity index (χ4n) is 5.79. The minimum atomic E-state index is -4.45. The number of unbranched alkanes of at least 4 members (excludes halogenated alkanes) is 1. The molecular weight excluding hydrogens is 515 g/mol. The Bertz CT molecular complexity index is 1400. The molecule has 0 aliphatic carbocycles. The summed E-state index contributed by atoms with van der Waals surface area (Å²) in [5, 5.41) is 0.210. The van der Waals surface area contributed by atoms with Crippen LogP contribution in [0.25, 0.3) is 0 Å². The Morgan fingerprint density at radius 2 is 1.18 bits per heavy atom. The van der Waals surface area contributed by atoms with E-state index >= 15 is 4.57 Å². The number of aryl methyl sites for hydroxylation is 7. The summed E-state index contributed by atoms with van der Waals surface area (Å²) >= 11 is 0. The first-order chi connectivity index (χ1) is 18.6. The summed E-state index contributed by atoms with van der Waals surface area (Å²) in [6, 6.07) is 11.5. The number of hydrogen-bond donors (Lipinski definition) is 0. The lowest BCUT2D eigenvalue weighted by Crippen LogP contribution is -2.27. The summed E-state index contributed by atoms with van der Waals surface area (Å²) in [5.74, 6) is 0.385. The number of hydrogen-bond acceptors (Lipinski definition) is 4. The Balaban J connectivity index is 2.53. The first-order valence-electron chi connectivity index (χ1n) is 14.1. The van der Waals surface area contributed by atoms with Crippen molar-refractivity contribution in [1.82, 2.24) is 0 Å². The summed E-state index contributed by atoms with van der Waals surface area (Å²) in [6.45, 7) is 19.7. The van der Waals surface area contributed by atoms with Crippen LogP contribution < -0.4 is 10.0 Å². The number of methoxy groups -OCH3 is 1. The van der Waals surface area contributed by atoms with Crippen molar-refractivity contribution in [3.63, 3.8) is 0 Å². The SMILES string of the molecule is CCCCc1cc(C(C)(C)C)cc(P(=O)(C(=O)c2c(C)cc(C)cc2C)C(=O)c2c(C)cc(C)cc2C)c1OC. The Kier molecular flexibility index (Phi) is 9.36. The molecule has 3 aromatic rings. The maximum absolute atomic E-state index is 15.7. The fourth-order valence-corrected chi connectivity index (χ4v) is 8.59. The quantitative estimate of drug-likeness (QED) is 0.245. The van der Waals surface area contributed by atoms with Crippen molar-refractivity contribution in [2.45, 2.75) is 93.9 Å². The van der Waals surface area contributed by atoms with Crippen LogP contribution >= 0.6 is 7.14 Å². The third-order valence-electron chi connectivity index (χ3n) is 7.71. The van der Waals surface area contributed by atoms with Crippen molar-refractivity contribution < 1.29 is 18.9 Å². The van der Waals surface area contributed by atoms with Gasteiger partial charge in [0.2, 0.25) is 11.0 Å². The molecule has 0 saturated carbocycles. The van der Waals surface area contributed by atoms with Crippen LogP contribution in [0, 0.1) is 41.5 Å². The predicted octanol–water partition coefficient (Wildman–Crippen LogP) is 8.86. The van der Waals surface area contributed by atoms with Gasteiger partial charge in [0.15, 0.2) is 0 Å². The zero-order valence-electron chi connectivity index (χ0n) is 26.2. The Hall–Kier alpha value is -2.97. The van der Waals surface area contributed by atoms with Crippen LogP contribution in [0.1, 0.15) is 106 Å². The number of rotatable bonds is 9. The van der Waals surface area contributed by atoms with Crippen LogP contribution in [-0.2, 0) is 16.4 Å². The lowest BCUT2D eigenvalue weighted by molar-refractivity contribution is 0.104. The van der Waals surface area contributed by atoms with Gasteiger partial charge in [-0.1, -0.05) is 75.6 Å². The van der Waals surface area contributed by atoms with Crippen LogP contribution in [0.15, 0.2) is 36.4 Å². The topological polar surface area (TPSA) is 60.4 Å². The second-order valence-corrected chi connectivity index (χ2v) is 14.8. The summed E-state index contributed by atoms with van der Waals surface area (Å²) in [4.78, 5) is 29.5. The van der Waals surface area contributed by atoms with Crippen molar-refractivity contribution in [2.24, 2.45) is 0 Å². The highest BCUT2D eigenvalue weighted by atomic mass is 31.2. The maximum Gasteiger partial charge on any atom is 0.252 e. The Labute approximate surface area is 240 Å². The van der Waals surface area contributed by atoms with Crippen LogP contribution in [0.4, 0.5) is 0 Å². The van der Waals surface area contributed by atoms with Gasteiger partial charge in [0, 0.05) is 11.1 Å². The predicted molar refractivity (Wildman–Crippen MR) is 168 cm³/mol. The molecule has 0 fully saturated rings. The van der Waals surface area contributed by atoms with Crippen LogP contribution in [0.5, 0.6) is 5.75 Å². The van der Waals surface area contributed by atoms with Crippen LogP contribution in [0.3, 0.4) is 0 Å². The molecule has 0 aliphatic rings. The van der Waals surface area contributed by atoms with E-state index in [-0.39, 0.29) is 10.7 Å². The van der Waals surface area contributed by atoms with Gasteiger partial charge in [0.1, 0.15) is 5.75 Å². The van der Waals surface area contributed by atoms with Gasteiger partial charge in [-0.15, -0.1) is 0 Å². The van der Waals surface area contributed by atoms with E-state index in [0.29, 0.717) is 45.6 Å². The highest BCUT2D eigenvalue weighted by Crippen LogP contribution is 2.55. The van der Waals surface area contributed by atoms with E-state index < -0.39 is 18.2 Å². The second-order valence-electron chi connectivity index (χ2n) is 12.3. The van der Waals surface area contributed by atoms with Gasteiger partial charge in [-0.2, -0.15) is 0 Å². The summed E-state index contributed by atoms with van der Waals surface area (Å²) < 4.78 is 21.6. The smallest absolute Gasteiger partial charge is 0.252 e. The van der Waals surface area contributed by atoms with E-state index in [1.165, 1.54) is 7.11 Å². The highest BCUT2D eigenvalue weighted by Gasteiger charge is 2.47. The molecule has 4 nitrogen and oxygen atoms in total. The number of benzene rings is 3. The molecule has 3 aromatic carbocycles. The number of ether oxygens (including phenoxy) is 1. The van der Waals surface area contributed by atoms with Crippen molar-refractivity contribution in [3.05, 3.63) is 92.0 Å². The van der Waals surface area contributed by atoms with E-state index in [4.69, 9.17) is 4.74 Å². The fraction of sp³-hybridized carbons (Fsp3) is 0.429. The average Bonchev–Trinajstić information content (AvgIpc) is 2.84. The van der Waals surface area contributed by atoms with E-state index in [1.807, 2.05) is 65.8 Å². The normalized spacial score (nSPS) is 12.0.